The molecule has 1 aromatic heterocycles. The van der Waals surface area contributed by atoms with E-state index < -0.39 is 12.0 Å². The number of hydrogen-bond acceptors (Lipinski definition) is 5. The average Bonchev–Trinajstić information content (AvgIpc) is 2.39. The number of carbonyl (C=O) groups excluding carboxylic acids is 1. The van der Waals surface area contributed by atoms with Crippen LogP contribution in [0.15, 0.2) is 18.7 Å². The van der Waals surface area contributed by atoms with Gasteiger partial charge in [0, 0.05) is 30.4 Å². The van der Waals surface area contributed by atoms with E-state index in [4.69, 9.17) is 5.11 Å². The summed E-state index contributed by atoms with van der Waals surface area (Å²) in [6.45, 7) is 0.440. The van der Waals surface area contributed by atoms with Gasteiger partial charge in [0.2, 0.25) is 0 Å². The molecule has 0 spiro atoms. The first-order valence-electron chi connectivity index (χ1n) is 5.06. The summed E-state index contributed by atoms with van der Waals surface area (Å²) in [5.41, 5.74) is 0.325. The second kappa shape index (κ2) is 5.13. The van der Waals surface area contributed by atoms with Gasteiger partial charge >= 0.3 is 5.97 Å². The van der Waals surface area contributed by atoms with Gasteiger partial charge in [-0.2, -0.15) is 11.8 Å². The second-order valence-corrected chi connectivity index (χ2v) is 4.70. The molecule has 1 amide bonds. The maximum Gasteiger partial charge on any atom is 0.327 e. The monoisotopic (exact) mass is 253 g/mol. The van der Waals surface area contributed by atoms with Crippen LogP contribution in [-0.4, -0.2) is 55.9 Å². The normalized spacial score (nSPS) is 20.0. The van der Waals surface area contributed by atoms with Crippen LogP contribution in [-0.2, 0) is 4.79 Å². The summed E-state index contributed by atoms with van der Waals surface area (Å²) in [4.78, 5) is 32.0. The first-order chi connectivity index (χ1) is 8.20. The minimum Gasteiger partial charge on any atom is -0.480 e. The molecule has 7 heteroatoms. The Kier molecular flexibility index (Phi) is 3.58. The van der Waals surface area contributed by atoms with E-state index in [9.17, 15) is 9.59 Å². The fourth-order valence-corrected chi connectivity index (χ4v) is 2.66. The summed E-state index contributed by atoms with van der Waals surface area (Å²) in [6.07, 6.45) is 4.13. The quantitative estimate of drug-likeness (QED) is 0.806. The number of nitrogens with zero attached hydrogens (tertiary/aromatic N) is 3. The lowest BCUT2D eigenvalue weighted by atomic mass is 10.2. The van der Waals surface area contributed by atoms with Crippen molar-refractivity contribution in [3.05, 3.63) is 24.3 Å². The molecule has 1 saturated heterocycles. The van der Waals surface area contributed by atoms with E-state index in [1.165, 1.54) is 23.6 Å². The van der Waals surface area contributed by atoms with E-state index in [2.05, 4.69) is 9.97 Å². The number of aliphatic carboxylic acids is 1. The summed E-state index contributed by atoms with van der Waals surface area (Å²) >= 11 is 1.54. The Hall–Kier alpha value is -1.63. The molecule has 1 N–H and O–H groups in total. The van der Waals surface area contributed by atoms with Crippen LogP contribution in [0.5, 0.6) is 0 Å². The molecule has 17 heavy (non-hydrogen) atoms. The number of hydrogen-bond donors (Lipinski definition) is 1. The summed E-state index contributed by atoms with van der Waals surface area (Å²) in [5.74, 6) is -0.112. The minimum absolute atomic E-state index is 0.321. The molecule has 2 rings (SSSR count). The highest BCUT2D eigenvalue weighted by Crippen LogP contribution is 2.18. The molecule has 6 nitrogen and oxygen atoms in total. The van der Waals surface area contributed by atoms with Crippen molar-refractivity contribution in [2.24, 2.45) is 0 Å². The number of carboxylic acids is 1. The fourth-order valence-electron chi connectivity index (χ4n) is 1.63. The first-order valence-corrected chi connectivity index (χ1v) is 6.22. The molecule has 1 aliphatic rings. The summed E-state index contributed by atoms with van der Waals surface area (Å²) in [6, 6.07) is -0.763. The Balaban J connectivity index is 2.20. The molecule has 1 unspecified atom stereocenters. The topological polar surface area (TPSA) is 83.4 Å². The summed E-state index contributed by atoms with van der Waals surface area (Å²) < 4.78 is 0. The van der Waals surface area contributed by atoms with Crippen LogP contribution in [0, 0.1) is 0 Å². The molecule has 0 saturated carbocycles. The van der Waals surface area contributed by atoms with Gasteiger partial charge in [0.15, 0.2) is 0 Å². The molecule has 0 aromatic carbocycles. The SMILES string of the molecule is O=C(O)C1CSCCN1C(=O)c1cncnc1. The Morgan fingerprint density at radius 2 is 2.12 bits per heavy atom. The van der Waals surface area contributed by atoms with Crippen molar-refractivity contribution in [1.82, 2.24) is 14.9 Å². The van der Waals surface area contributed by atoms with Gasteiger partial charge in [0.05, 0.1) is 5.56 Å². The van der Waals surface area contributed by atoms with Crippen LogP contribution < -0.4 is 0 Å². The Morgan fingerprint density at radius 1 is 1.41 bits per heavy atom. The minimum atomic E-state index is -0.970. The number of thioether (sulfide) groups is 1. The van der Waals surface area contributed by atoms with Crippen molar-refractivity contribution < 1.29 is 14.7 Å². The van der Waals surface area contributed by atoms with E-state index in [1.807, 2.05) is 0 Å². The van der Waals surface area contributed by atoms with Crippen LogP contribution in [0.25, 0.3) is 0 Å². The molecule has 1 aromatic rings. The zero-order valence-electron chi connectivity index (χ0n) is 8.94. The molecule has 2 heterocycles. The van der Waals surface area contributed by atoms with Gasteiger partial charge in [0.1, 0.15) is 12.4 Å². The zero-order chi connectivity index (χ0) is 12.3. The zero-order valence-corrected chi connectivity index (χ0v) is 9.76. The van der Waals surface area contributed by atoms with E-state index in [0.717, 1.165) is 5.75 Å². The molecule has 0 bridgehead atoms. The Labute approximate surface area is 102 Å². The van der Waals surface area contributed by atoms with E-state index in [-0.39, 0.29) is 5.91 Å². The summed E-state index contributed by atoms with van der Waals surface area (Å²) in [7, 11) is 0. The fraction of sp³-hybridized carbons (Fsp3) is 0.400. The van der Waals surface area contributed by atoms with Crippen LogP contribution in [0.4, 0.5) is 0 Å². The molecule has 90 valence electrons. The molecule has 1 aliphatic heterocycles. The lowest BCUT2D eigenvalue weighted by molar-refractivity contribution is -0.141. The maximum atomic E-state index is 12.1. The van der Waals surface area contributed by atoms with Gasteiger partial charge in [-0.05, 0) is 0 Å². The molecular weight excluding hydrogens is 242 g/mol. The van der Waals surface area contributed by atoms with E-state index in [0.29, 0.717) is 17.9 Å². The van der Waals surface area contributed by atoms with Gasteiger partial charge in [-0.1, -0.05) is 0 Å². The predicted molar refractivity (Wildman–Crippen MR) is 61.8 cm³/mol. The van der Waals surface area contributed by atoms with Crippen molar-refractivity contribution in [3.8, 4) is 0 Å². The first kappa shape index (κ1) is 11.8. The predicted octanol–water partition coefficient (Wildman–Crippen LogP) is 0.119. The van der Waals surface area contributed by atoms with Gasteiger partial charge in [0.25, 0.3) is 5.91 Å². The third-order valence-corrected chi connectivity index (χ3v) is 3.50. The van der Waals surface area contributed by atoms with Gasteiger partial charge in [-0.25, -0.2) is 14.8 Å². The van der Waals surface area contributed by atoms with Gasteiger partial charge in [-0.15, -0.1) is 0 Å². The van der Waals surface area contributed by atoms with Crippen molar-refractivity contribution in [3.63, 3.8) is 0 Å². The molecule has 1 atom stereocenters. The number of carboxylic acid groups (broad SMARTS) is 1. The standard InChI is InChI=1S/C10H11N3O3S/c14-9(7-3-11-6-12-4-7)13-1-2-17-5-8(13)10(15)16/h3-4,6,8H,1-2,5H2,(H,15,16). The highest BCUT2D eigenvalue weighted by atomic mass is 32.2. The number of amides is 1. The van der Waals surface area contributed by atoms with Gasteiger partial charge in [-0.3, -0.25) is 4.79 Å². The van der Waals surface area contributed by atoms with Crippen molar-refractivity contribution in [1.29, 1.82) is 0 Å². The largest absolute Gasteiger partial charge is 0.480 e. The number of carbonyl (C=O) groups is 2. The van der Waals surface area contributed by atoms with Gasteiger partial charge < -0.3 is 10.0 Å². The summed E-state index contributed by atoms with van der Waals surface area (Å²) in [5, 5.41) is 9.07. The highest BCUT2D eigenvalue weighted by molar-refractivity contribution is 7.99. The molecular formula is C10H11N3O3S. The highest BCUT2D eigenvalue weighted by Gasteiger charge is 2.32. The van der Waals surface area contributed by atoms with Crippen LogP contribution >= 0.6 is 11.8 Å². The Bertz CT molecular complexity index is 426. The molecule has 0 radical (unpaired) electrons. The molecule has 0 aliphatic carbocycles. The number of aromatic nitrogens is 2. The maximum absolute atomic E-state index is 12.1. The number of rotatable bonds is 2. The third-order valence-electron chi connectivity index (χ3n) is 2.48. The third kappa shape index (κ3) is 2.55. The van der Waals surface area contributed by atoms with Crippen molar-refractivity contribution in [2.45, 2.75) is 6.04 Å². The average molecular weight is 253 g/mol. The van der Waals surface area contributed by atoms with Crippen LogP contribution in [0.3, 0.4) is 0 Å². The Morgan fingerprint density at radius 3 is 2.76 bits per heavy atom. The molecule has 1 fully saturated rings. The lowest BCUT2D eigenvalue weighted by Gasteiger charge is -2.32. The van der Waals surface area contributed by atoms with Crippen LogP contribution in [0.2, 0.25) is 0 Å². The van der Waals surface area contributed by atoms with E-state index in [1.54, 1.807) is 11.8 Å². The lowest BCUT2D eigenvalue weighted by Crippen LogP contribution is -2.50. The second-order valence-electron chi connectivity index (χ2n) is 3.55. The van der Waals surface area contributed by atoms with Crippen molar-refractivity contribution >= 4 is 23.6 Å². The van der Waals surface area contributed by atoms with Crippen molar-refractivity contribution in [2.75, 3.05) is 18.1 Å². The van der Waals surface area contributed by atoms with E-state index >= 15 is 0 Å². The van der Waals surface area contributed by atoms with Crippen LogP contribution in [0.1, 0.15) is 10.4 Å². The smallest absolute Gasteiger partial charge is 0.327 e.